The van der Waals surface area contributed by atoms with E-state index < -0.39 is 37.2 Å². The van der Waals surface area contributed by atoms with Crippen molar-refractivity contribution in [1.82, 2.24) is 5.32 Å². The summed E-state index contributed by atoms with van der Waals surface area (Å²) >= 11 is 0. The second-order valence-corrected chi connectivity index (χ2v) is 6.71. The highest BCUT2D eigenvalue weighted by Crippen LogP contribution is 2.30. The maximum Gasteiger partial charge on any atom is 0.480 e. The van der Waals surface area contributed by atoms with Crippen LogP contribution >= 0.6 is 0 Å². The van der Waals surface area contributed by atoms with Gasteiger partial charge in [-0.25, -0.2) is 16.8 Å². The van der Waals surface area contributed by atoms with E-state index in [-0.39, 0.29) is 13.0 Å². The normalized spacial score (nSPS) is 13.0. The van der Waals surface area contributed by atoms with Crippen LogP contribution in [0.5, 0.6) is 0 Å². The number of sulfonamides is 2. The molecule has 0 bridgehead atoms. The smallest absolute Gasteiger partial charge is 0.428 e. The number of nitrogens with zero attached hydrogens (tertiary/aromatic N) is 1. The van der Waals surface area contributed by atoms with E-state index in [2.05, 4.69) is 11.9 Å². The minimum Gasteiger partial charge on any atom is -0.428 e. The molecule has 0 spiro atoms. The van der Waals surface area contributed by atoms with Crippen molar-refractivity contribution >= 4 is 26.0 Å². The summed E-state index contributed by atoms with van der Waals surface area (Å²) in [5, 5.41) is 2.16. The van der Waals surface area contributed by atoms with Crippen LogP contribution in [0.1, 0.15) is 6.42 Å². The third-order valence-electron chi connectivity index (χ3n) is 1.57. The van der Waals surface area contributed by atoms with Crippen molar-refractivity contribution in [3.05, 3.63) is 16.8 Å². The van der Waals surface area contributed by atoms with Crippen molar-refractivity contribution in [3.8, 4) is 0 Å². The van der Waals surface area contributed by atoms with Crippen LogP contribution in [0, 0.1) is 0 Å². The van der Waals surface area contributed by atoms with Gasteiger partial charge in [0.2, 0.25) is 5.91 Å². The quantitative estimate of drug-likeness (QED) is 0.532. The van der Waals surface area contributed by atoms with Crippen LogP contribution < -0.4 is 5.32 Å². The molecule has 0 saturated carbocycles. The third kappa shape index (κ3) is 6.54. The topological polar surface area (TPSA) is 111 Å². The van der Waals surface area contributed by atoms with Gasteiger partial charge in [-0.2, -0.15) is 13.2 Å². The second-order valence-electron chi connectivity index (χ2n) is 3.13. The zero-order valence-electron chi connectivity index (χ0n) is 9.34. The molecule has 1 N–H and O–H groups in total. The lowest BCUT2D eigenvalue weighted by Crippen LogP contribution is -2.27. The largest absolute Gasteiger partial charge is 0.480 e. The third-order valence-corrected chi connectivity index (χ3v) is 4.65. The second kappa shape index (κ2) is 6.34. The first-order valence-electron chi connectivity index (χ1n) is 4.60. The van der Waals surface area contributed by atoms with Gasteiger partial charge in [0.05, 0.1) is 10.0 Å². The van der Waals surface area contributed by atoms with Crippen LogP contribution in [0.3, 0.4) is 0 Å². The molecular weight excluding hydrogens is 313 g/mol. The fourth-order valence-corrected chi connectivity index (χ4v) is 3.11. The van der Waals surface area contributed by atoms with Gasteiger partial charge in [-0.1, -0.05) is 6.58 Å². The van der Waals surface area contributed by atoms with Crippen molar-refractivity contribution in [3.63, 3.8) is 0 Å². The molecular formula is C7H10F3N2O5S2-. The number of carbonyl (C=O) groups excluding carboxylic acids is 1. The molecule has 0 aromatic rings. The molecule has 0 rings (SSSR count). The van der Waals surface area contributed by atoms with Crippen LogP contribution in [0.2, 0.25) is 0 Å². The Morgan fingerprint density at radius 2 is 1.79 bits per heavy atom. The summed E-state index contributed by atoms with van der Waals surface area (Å²) in [6.07, 6.45) is 0.617. The van der Waals surface area contributed by atoms with Gasteiger partial charge in [0.1, 0.15) is 0 Å². The van der Waals surface area contributed by atoms with Crippen molar-refractivity contribution in [2.24, 2.45) is 0 Å². The van der Waals surface area contributed by atoms with Crippen LogP contribution in [0.25, 0.3) is 4.13 Å². The highest BCUT2D eigenvalue weighted by atomic mass is 32.3. The van der Waals surface area contributed by atoms with Crippen LogP contribution in [-0.4, -0.2) is 40.5 Å². The number of nitrogens with one attached hydrogen (secondary N) is 1. The van der Waals surface area contributed by atoms with Crippen molar-refractivity contribution in [2.75, 3.05) is 12.3 Å². The standard InChI is InChI=1S/C7H10F3N2O5S2/c1-2-6(13)11-4-3-5-18(14,15)12-19(16,17)7(8,9)10/h2H,1,3-5H2,(H,11,13)/q-1. The van der Waals surface area contributed by atoms with Gasteiger partial charge in [0, 0.05) is 12.3 Å². The maximum absolute atomic E-state index is 11.9. The molecule has 0 unspecified atom stereocenters. The predicted octanol–water partition coefficient (Wildman–Crippen LogP) is 0.232. The van der Waals surface area contributed by atoms with E-state index in [1.807, 2.05) is 4.13 Å². The fourth-order valence-electron chi connectivity index (χ4n) is 0.767. The molecule has 0 aromatic carbocycles. The summed E-state index contributed by atoms with van der Waals surface area (Å²) < 4.78 is 80.6. The van der Waals surface area contributed by atoms with E-state index in [1.54, 1.807) is 0 Å². The molecule has 112 valence electrons. The van der Waals surface area contributed by atoms with Gasteiger partial charge in [0.15, 0.2) is 10.0 Å². The minimum absolute atomic E-state index is 0.175. The highest BCUT2D eigenvalue weighted by Gasteiger charge is 2.40. The SMILES string of the molecule is C=CC(=O)NCCCS(=O)(=O)[N-]S(=O)(=O)C(F)(F)F. The molecule has 7 nitrogen and oxygen atoms in total. The van der Waals surface area contributed by atoms with Gasteiger partial charge in [-0.3, -0.25) is 4.79 Å². The molecule has 0 aliphatic carbocycles. The Kier molecular flexibility index (Phi) is 5.96. The lowest BCUT2D eigenvalue weighted by molar-refractivity contribution is -0.116. The van der Waals surface area contributed by atoms with E-state index in [4.69, 9.17) is 0 Å². The van der Waals surface area contributed by atoms with Crippen molar-refractivity contribution in [1.29, 1.82) is 0 Å². The van der Waals surface area contributed by atoms with E-state index in [0.29, 0.717) is 0 Å². The number of rotatable bonds is 7. The van der Waals surface area contributed by atoms with E-state index >= 15 is 0 Å². The minimum atomic E-state index is -6.08. The number of halogens is 3. The molecule has 0 radical (unpaired) electrons. The lowest BCUT2D eigenvalue weighted by atomic mass is 10.4. The van der Waals surface area contributed by atoms with Crippen LogP contribution in [0.4, 0.5) is 13.2 Å². The zero-order chi connectivity index (χ0) is 15.3. The van der Waals surface area contributed by atoms with Crippen LogP contribution in [0.15, 0.2) is 12.7 Å². The Balaban J connectivity index is 4.44. The number of alkyl halides is 3. The molecule has 1 amide bonds. The molecule has 0 aliphatic heterocycles. The van der Waals surface area contributed by atoms with Crippen LogP contribution in [-0.2, 0) is 24.8 Å². The summed E-state index contributed by atoms with van der Waals surface area (Å²) in [6, 6.07) is 0. The van der Waals surface area contributed by atoms with Gasteiger partial charge in [-0.05, 0) is 12.5 Å². The highest BCUT2D eigenvalue weighted by molar-refractivity contribution is 8.12. The average Bonchev–Trinajstić information content (AvgIpc) is 2.20. The fraction of sp³-hybridized carbons (Fsp3) is 0.571. The molecule has 0 aromatic heterocycles. The maximum atomic E-state index is 11.9. The Labute approximate surface area is 108 Å². The molecule has 0 fully saturated rings. The monoisotopic (exact) mass is 323 g/mol. The van der Waals surface area contributed by atoms with Crippen molar-refractivity contribution in [2.45, 2.75) is 11.9 Å². The average molecular weight is 323 g/mol. The van der Waals surface area contributed by atoms with E-state index in [1.165, 1.54) is 0 Å². The van der Waals surface area contributed by atoms with Gasteiger partial charge in [-0.15, -0.1) is 0 Å². The lowest BCUT2D eigenvalue weighted by Gasteiger charge is -2.21. The number of carbonyl (C=O) groups is 1. The van der Waals surface area contributed by atoms with E-state index in [0.717, 1.165) is 6.08 Å². The molecule has 12 heteroatoms. The van der Waals surface area contributed by atoms with E-state index in [9.17, 15) is 34.8 Å². The van der Waals surface area contributed by atoms with Gasteiger partial charge < -0.3 is 9.44 Å². The number of hydrogen-bond acceptors (Lipinski definition) is 5. The molecule has 0 aliphatic rings. The summed E-state index contributed by atoms with van der Waals surface area (Å²) in [6.45, 7) is 2.94. The van der Waals surface area contributed by atoms with Crippen molar-refractivity contribution < 1.29 is 34.8 Å². The Bertz CT molecular complexity index is 538. The Hall–Kier alpha value is -1.14. The Morgan fingerprint density at radius 1 is 1.26 bits per heavy atom. The predicted molar refractivity (Wildman–Crippen MR) is 59.9 cm³/mol. The van der Waals surface area contributed by atoms with Gasteiger partial charge >= 0.3 is 5.51 Å². The first-order chi connectivity index (χ1) is 8.41. The summed E-state index contributed by atoms with van der Waals surface area (Å²) in [5.41, 5.74) is -5.77. The van der Waals surface area contributed by atoms with Gasteiger partial charge in [0.25, 0.3) is 0 Å². The molecule has 19 heavy (non-hydrogen) atoms. The molecule has 0 heterocycles. The summed E-state index contributed by atoms with van der Waals surface area (Å²) in [4.78, 5) is 10.6. The Morgan fingerprint density at radius 3 is 2.21 bits per heavy atom. The first kappa shape index (κ1) is 17.9. The number of hydrogen-bond donors (Lipinski definition) is 1. The molecule has 0 atom stereocenters. The summed E-state index contributed by atoms with van der Waals surface area (Å²) in [7, 11) is -10.9. The zero-order valence-corrected chi connectivity index (χ0v) is 11.0. The summed E-state index contributed by atoms with van der Waals surface area (Å²) in [5.74, 6) is -1.54. The number of amides is 1. The molecule has 0 saturated heterocycles. The first-order valence-corrected chi connectivity index (χ1v) is 7.65.